The van der Waals surface area contributed by atoms with E-state index in [9.17, 15) is 4.79 Å². The number of thioether (sulfide) groups is 1. The molecule has 3 atom stereocenters. The van der Waals surface area contributed by atoms with Crippen molar-refractivity contribution in [2.75, 3.05) is 44.2 Å². The third kappa shape index (κ3) is 6.88. The van der Waals surface area contributed by atoms with E-state index in [1.807, 2.05) is 11.8 Å². The van der Waals surface area contributed by atoms with Gasteiger partial charge in [0.25, 0.3) is 0 Å². The van der Waals surface area contributed by atoms with E-state index in [-0.39, 0.29) is 5.91 Å². The molecular weight excluding hydrogens is 294 g/mol. The first-order valence-electron chi connectivity index (χ1n) is 8.93. The number of hydrogen-bond donors (Lipinski definition) is 2. The molecule has 0 aromatic rings. The second kappa shape index (κ2) is 9.78. The monoisotopic (exact) mass is 327 g/mol. The van der Waals surface area contributed by atoms with Gasteiger partial charge in [-0.25, -0.2) is 0 Å². The van der Waals surface area contributed by atoms with Crippen LogP contribution in [0.3, 0.4) is 0 Å². The van der Waals surface area contributed by atoms with Crippen LogP contribution in [0.5, 0.6) is 0 Å². The lowest BCUT2D eigenvalue weighted by molar-refractivity contribution is -0.121. The summed E-state index contributed by atoms with van der Waals surface area (Å²) >= 11 is 1.95. The lowest BCUT2D eigenvalue weighted by atomic mass is 9.92. The highest BCUT2D eigenvalue weighted by molar-refractivity contribution is 7.99. The Labute approximate surface area is 140 Å². The zero-order valence-electron chi connectivity index (χ0n) is 14.3. The predicted octanol–water partition coefficient (Wildman–Crippen LogP) is 1.96. The van der Waals surface area contributed by atoms with Gasteiger partial charge in [0.05, 0.1) is 0 Å². The summed E-state index contributed by atoms with van der Waals surface area (Å²) in [5, 5.41) is 6.49. The second-order valence-corrected chi connectivity index (χ2v) is 8.34. The minimum atomic E-state index is 0.209. The van der Waals surface area contributed by atoms with Gasteiger partial charge in [-0.1, -0.05) is 13.8 Å². The fourth-order valence-electron chi connectivity index (χ4n) is 3.71. The molecule has 2 fully saturated rings. The lowest BCUT2D eigenvalue weighted by Gasteiger charge is -2.34. The van der Waals surface area contributed by atoms with E-state index in [1.54, 1.807) is 0 Å². The number of likely N-dealkylation sites (tertiary alicyclic amines) is 1. The van der Waals surface area contributed by atoms with E-state index in [0.29, 0.717) is 12.5 Å². The van der Waals surface area contributed by atoms with Gasteiger partial charge >= 0.3 is 0 Å². The Bertz CT molecular complexity index is 324. The highest BCUT2D eigenvalue weighted by Crippen LogP contribution is 2.20. The first-order valence-corrected chi connectivity index (χ1v) is 10.1. The second-order valence-electron chi connectivity index (χ2n) is 7.19. The molecule has 0 aliphatic carbocycles. The average Bonchev–Trinajstić information content (AvgIpc) is 2.47. The van der Waals surface area contributed by atoms with E-state index in [4.69, 9.17) is 0 Å². The van der Waals surface area contributed by atoms with Crippen LogP contribution in [-0.4, -0.2) is 61.1 Å². The quantitative estimate of drug-likeness (QED) is 0.702. The van der Waals surface area contributed by atoms with Gasteiger partial charge in [0, 0.05) is 50.1 Å². The smallest absolute Gasteiger partial charge is 0.221 e. The molecule has 1 amide bonds. The first kappa shape index (κ1) is 18.1. The maximum Gasteiger partial charge on any atom is 0.221 e. The maximum atomic E-state index is 11.9. The lowest BCUT2D eigenvalue weighted by Crippen LogP contribution is -2.41. The molecule has 0 aromatic heterocycles. The standard InChI is InChI=1S/C17H33N3OS/c1-14-9-15(2)12-20(11-14)7-4-3-5-19-17(21)10-16-13-22-8-6-18-16/h14-16,18H,3-13H2,1-2H3,(H,19,21). The molecule has 0 saturated carbocycles. The summed E-state index contributed by atoms with van der Waals surface area (Å²) in [5.41, 5.74) is 0. The molecule has 2 N–H and O–H groups in total. The van der Waals surface area contributed by atoms with Gasteiger partial charge in [-0.2, -0.15) is 11.8 Å². The molecule has 22 heavy (non-hydrogen) atoms. The third-order valence-electron chi connectivity index (χ3n) is 4.60. The van der Waals surface area contributed by atoms with Crippen LogP contribution in [0.2, 0.25) is 0 Å². The molecule has 2 saturated heterocycles. The molecule has 0 aromatic carbocycles. The molecule has 4 nitrogen and oxygen atoms in total. The Morgan fingerprint density at radius 1 is 1.27 bits per heavy atom. The van der Waals surface area contributed by atoms with E-state index >= 15 is 0 Å². The van der Waals surface area contributed by atoms with Gasteiger partial charge in [-0.15, -0.1) is 0 Å². The van der Waals surface area contributed by atoms with Crippen LogP contribution in [0.4, 0.5) is 0 Å². The number of carbonyl (C=O) groups is 1. The van der Waals surface area contributed by atoms with Gasteiger partial charge in [0.15, 0.2) is 0 Å². The largest absolute Gasteiger partial charge is 0.356 e. The van der Waals surface area contributed by atoms with Crippen LogP contribution >= 0.6 is 11.8 Å². The molecule has 2 aliphatic rings. The maximum absolute atomic E-state index is 11.9. The summed E-state index contributed by atoms with van der Waals surface area (Å²) in [6.07, 6.45) is 4.29. The van der Waals surface area contributed by atoms with E-state index in [1.165, 1.54) is 38.2 Å². The van der Waals surface area contributed by atoms with Crippen molar-refractivity contribution in [1.29, 1.82) is 0 Å². The van der Waals surface area contributed by atoms with Crippen molar-refractivity contribution in [2.45, 2.75) is 45.6 Å². The fraction of sp³-hybridized carbons (Fsp3) is 0.941. The Kier molecular flexibility index (Phi) is 8.04. The number of amides is 1. The molecule has 2 rings (SSSR count). The summed E-state index contributed by atoms with van der Waals surface area (Å²) in [5.74, 6) is 4.12. The Morgan fingerprint density at radius 3 is 2.73 bits per heavy atom. The van der Waals surface area contributed by atoms with Gasteiger partial charge < -0.3 is 15.5 Å². The third-order valence-corrected chi connectivity index (χ3v) is 5.73. The zero-order valence-corrected chi connectivity index (χ0v) is 15.1. The summed E-state index contributed by atoms with van der Waals surface area (Å²) in [6, 6.07) is 0.370. The van der Waals surface area contributed by atoms with Gasteiger partial charge in [-0.3, -0.25) is 4.79 Å². The van der Waals surface area contributed by atoms with E-state index in [2.05, 4.69) is 29.4 Å². The highest BCUT2D eigenvalue weighted by Gasteiger charge is 2.21. The fourth-order valence-corrected chi connectivity index (χ4v) is 4.66. The number of carbonyl (C=O) groups excluding carboxylic acids is 1. The molecule has 0 radical (unpaired) electrons. The summed E-state index contributed by atoms with van der Waals surface area (Å²) in [6.45, 7) is 10.3. The highest BCUT2D eigenvalue weighted by atomic mass is 32.2. The summed E-state index contributed by atoms with van der Waals surface area (Å²) in [4.78, 5) is 14.5. The Morgan fingerprint density at radius 2 is 2.05 bits per heavy atom. The summed E-state index contributed by atoms with van der Waals surface area (Å²) < 4.78 is 0. The van der Waals surface area contributed by atoms with Gasteiger partial charge in [-0.05, 0) is 37.6 Å². The predicted molar refractivity (Wildman–Crippen MR) is 95.4 cm³/mol. The topological polar surface area (TPSA) is 44.4 Å². The zero-order chi connectivity index (χ0) is 15.8. The number of rotatable bonds is 7. The van der Waals surface area contributed by atoms with Gasteiger partial charge in [0.1, 0.15) is 0 Å². The number of piperidine rings is 1. The van der Waals surface area contributed by atoms with Crippen molar-refractivity contribution < 1.29 is 4.79 Å². The summed E-state index contributed by atoms with van der Waals surface area (Å²) in [7, 11) is 0. The van der Waals surface area contributed by atoms with Crippen molar-refractivity contribution in [3.8, 4) is 0 Å². The molecule has 0 spiro atoms. The van der Waals surface area contributed by atoms with Crippen molar-refractivity contribution >= 4 is 17.7 Å². The van der Waals surface area contributed by atoms with Crippen molar-refractivity contribution in [1.82, 2.24) is 15.5 Å². The van der Waals surface area contributed by atoms with Crippen LogP contribution in [0.1, 0.15) is 39.5 Å². The van der Waals surface area contributed by atoms with Crippen LogP contribution in [-0.2, 0) is 4.79 Å². The van der Waals surface area contributed by atoms with E-state index < -0.39 is 0 Å². The molecule has 3 unspecified atom stereocenters. The van der Waals surface area contributed by atoms with E-state index in [0.717, 1.165) is 37.1 Å². The van der Waals surface area contributed by atoms with Crippen molar-refractivity contribution in [3.63, 3.8) is 0 Å². The average molecular weight is 328 g/mol. The molecule has 2 heterocycles. The Balaban J connectivity index is 1.49. The van der Waals surface area contributed by atoms with Crippen molar-refractivity contribution in [3.05, 3.63) is 0 Å². The van der Waals surface area contributed by atoms with Crippen LogP contribution in [0.25, 0.3) is 0 Å². The van der Waals surface area contributed by atoms with Crippen LogP contribution < -0.4 is 10.6 Å². The molecular formula is C17H33N3OS. The van der Waals surface area contributed by atoms with Crippen LogP contribution in [0, 0.1) is 11.8 Å². The molecule has 0 bridgehead atoms. The number of hydrogen-bond acceptors (Lipinski definition) is 4. The minimum Gasteiger partial charge on any atom is -0.356 e. The number of nitrogens with one attached hydrogen (secondary N) is 2. The first-order chi connectivity index (χ1) is 10.6. The van der Waals surface area contributed by atoms with Crippen LogP contribution in [0.15, 0.2) is 0 Å². The molecule has 2 aliphatic heterocycles. The molecule has 128 valence electrons. The SMILES string of the molecule is CC1CC(C)CN(CCCCNC(=O)CC2CSCCN2)C1. The number of nitrogens with zero attached hydrogens (tertiary/aromatic N) is 1. The Hall–Kier alpha value is -0.260. The number of unbranched alkanes of at least 4 members (excludes halogenated alkanes) is 1. The molecule has 5 heteroatoms. The van der Waals surface area contributed by atoms with Crippen molar-refractivity contribution in [2.24, 2.45) is 11.8 Å². The normalized spacial score (nSPS) is 30.2. The minimum absolute atomic E-state index is 0.209. The van der Waals surface area contributed by atoms with Gasteiger partial charge in [0.2, 0.25) is 5.91 Å².